The first-order chi connectivity index (χ1) is 17.9. The summed E-state index contributed by atoms with van der Waals surface area (Å²) in [5, 5.41) is 0. The van der Waals surface area contributed by atoms with Crippen LogP contribution in [0.1, 0.15) is 68.6 Å². The van der Waals surface area contributed by atoms with E-state index in [0.717, 1.165) is 42.5 Å². The van der Waals surface area contributed by atoms with Gasteiger partial charge < -0.3 is 9.64 Å². The average molecular weight is 496 g/mol. The van der Waals surface area contributed by atoms with E-state index in [1.165, 1.54) is 36.3 Å². The van der Waals surface area contributed by atoms with Crippen molar-refractivity contribution in [3.8, 4) is 11.1 Å². The van der Waals surface area contributed by atoms with Gasteiger partial charge in [0.25, 0.3) is 0 Å². The molecule has 0 aliphatic heterocycles. The van der Waals surface area contributed by atoms with Crippen LogP contribution in [0.3, 0.4) is 0 Å². The van der Waals surface area contributed by atoms with Gasteiger partial charge in [-0.15, -0.1) is 0 Å². The summed E-state index contributed by atoms with van der Waals surface area (Å²) in [5.41, 5.74) is 6.49. The van der Waals surface area contributed by atoms with Crippen LogP contribution in [0.15, 0.2) is 78.9 Å². The quantitative estimate of drug-likeness (QED) is 0.237. The number of carbonyl (C=O) groups excluding carboxylic acids is 2. The van der Waals surface area contributed by atoms with E-state index >= 15 is 0 Å². The van der Waals surface area contributed by atoms with E-state index in [9.17, 15) is 9.59 Å². The van der Waals surface area contributed by atoms with Crippen LogP contribution in [0.25, 0.3) is 17.2 Å². The second kappa shape index (κ2) is 12.5. The zero-order valence-corrected chi connectivity index (χ0v) is 22.2. The molecule has 0 heterocycles. The Morgan fingerprint density at radius 2 is 1.65 bits per heavy atom. The van der Waals surface area contributed by atoms with E-state index in [1.807, 2.05) is 29.2 Å². The van der Waals surface area contributed by atoms with E-state index in [-0.39, 0.29) is 11.8 Å². The van der Waals surface area contributed by atoms with Gasteiger partial charge in [-0.2, -0.15) is 0 Å². The maximum absolute atomic E-state index is 13.8. The third-order valence-corrected chi connectivity index (χ3v) is 7.20. The molecule has 192 valence electrons. The molecule has 1 aliphatic rings. The normalized spacial score (nSPS) is 14.2. The number of ether oxygens (including phenoxy) is 1. The van der Waals surface area contributed by atoms with E-state index in [2.05, 4.69) is 62.4 Å². The number of rotatable bonds is 8. The smallest absolute Gasteiger partial charge is 0.330 e. The van der Waals surface area contributed by atoms with Crippen molar-refractivity contribution in [2.24, 2.45) is 5.92 Å². The molecule has 1 saturated carbocycles. The first-order valence-electron chi connectivity index (χ1n) is 13.3. The number of carbonyl (C=O) groups is 2. The van der Waals surface area contributed by atoms with E-state index in [1.54, 1.807) is 6.08 Å². The average Bonchev–Trinajstić information content (AvgIpc) is 2.95. The lowest BCUT2D eigenvalue weighted by atomic mass is 9.88. The highest BCUT2D eigenvalue weighted by Gasteiger charge is 2.27. The summed E-state index contributed by atoms with van der Waals surface area (Å²) in [6.07, 6.45) is 8.44. The number of benzene rings is 3. The lowest BCUT2D eigenvalue weighted by molar-refractivity contribution is -0.134. The largest absolute Gasteiger partial charge is 0.466 e. The Morgan fingerprint density at radius 1 is 0.919 bits per heavy atom. The minimum Gasteiger partial charge on any atom is -0.466 e. The van der Waals surface area contributed by atoms with Gasteiger partial charge in [-0.1, -0.05) is 93.8 Å². The van der Waals surface area contributed by atoms with Gasteiger partial charge >= 0.3 is 5.97 Å². The van der Waals surface area contributed by atoms with E-state index < -0.39 is 5.97 Å². The van der Waals surface area contributed by atoms with Crippen LogP contribution in [-0.4, -0.2) is 19.0 Å². The summed E-state index contributed by atoms with van der Waals surface area (Å²) in [7, 11) is 1.36. The summed E-state index contributed by atoms with van der Waals surface area (Å²) in [6, 6.07) is 25.0. The molecule has 3 aromatic rings. The van der Waals surface area contributed by atoms with Crippen LogP contribution in [-0.2, 0) is 20.9 Å². The third kappa shape index (κ3) is 6.97. The van der Waals surface area contributed by atoms with Crippen LogP contribution in [0, 0.1) is 5.92 Å². The Balaban J connectivity index is 1.60. The maximum atomic E-state index is 13.8. The van der Waals surface area contributed by atoms with Crippen LogP contribution >= 0.6 is 0 Å². The molecule has 0 atom stereocenters. The molecule has 0 bridgehead atoms. The fourth-order valence-corrected chi connectivity index (χ4v) is 4.96. The molecule has 4 heteroatoms. The van der Waals surface area contributed by atoms with Gasteiger partial charge in [-0.05, 0) is 64.8 Å². The minimum absolute atomic E-state index is 0.0565. The fourth-order valence-electron chi connectivity index (χ4n) is 4.96. The minimum atomic E-state index is -0.403. The van der Waals surface area contributed by atoms with Gasteiger partial charge in [0.15, 0.2) is 0 Å². The molecule has 0 N–H and O–H groups in total. The zero-order valence-electron chi connectivity index (χ0n) is 22.2. The number of methoxy groups -OCH3 is 1. The third-order valence-electron chi connectivity index (χ3n) is 7.20. The second-order valence-corrected chi connectivity index (χ2v) is 10.2. The number of esters is 1. The van der Waals surface area contributed by atoms with Crippen LogP contribution in [0.5, 0.6) is 0 Å². The predicted octanol–water partition coefficient (Wildman–Crippen LogP) is 7.78. The second-order valence-electron chi connectivity index (χ2n) is 10.2. The Hall–Kier alpha value is -3.66. The highest BCUT2D eigenvalue weighted by atomic mass is 16.5. The number of hydrogen-bond donors (Lipinski definition) is 0. The molecule has 4 rings (SSSR count). The van der Waals surface area contributed by atoms with Crippen molar-refractivity contribution in [2.45, 2.75) is 58.4 Å². The van der Waals surface area contributed by atoms with Crippen molar-refractivity contribution < 1.29 is 14.3 Å². The summed E-state index contributed by atoms with van der Waals surface area (Å²) in [5.74, 6) is 0.319. The molecule has 0 saturated heterocycles. The van der Waals surface area contributed by atoms with Crippen LogP contribution in [0.2, 0.25) is 0 Å². The molecule has 0 spiro atoms. The summed E-state index contributed by atoms with van der Waals surface area (Å²) >= 11 is 0. The highest BCUT2D eigenvalue weighted by Crippen LogP contribution is 2.30. The number of amides is 1. The van der Waals surface area contributed by atoms with E-state index in [0.29, 0.717) is 12.5 Å². The van der Waals surface area contributed by atoms with Gasteiger partial charge in [0.2, 0.25) is 5.91 Å². The number of hydrogen-bond acceptors (Lipinski definition) is 3. The summed E-state index contributed by atoms with van der Waals surface area (Å²) in [4.78, 5) is 27.2. The lowest BCUT2D eigenvalue weighted by Crippen LogP contribution is -2.36. The summed E-state index contributed by atoms with van der Waals surface area (Å²) in [6.45, 7) is 4.92. The SMILES string of the molecule is COC(=O)/C=C/c1cccc(N(Cc2ccc(-c3cccc(C(C)C)c3)cc2)C(=O)C2CCCCC2)c1. The molecule has 1 aliphatic carbocycles. The molecule has 1 amide bonds. The predicted molar refractivity (Wildman–Crippen MR) is 151 cm³/mol. The van der Waals surface area contributed by atoms with Crippen molar-refractivity contribution in [2.75, 3.05) is 12.0 Å². The number of nitrogens with zero attached hydrogens (tertiary/aromatic N) is 1. The number of anilines is 1. The zero-order chi connectivity index (χ0) is 26.2. The molecule has 3 aromatic carbocycles. The van der Waals surface area contributed by atoms with Gasteiger partial charge in [-0.25, -0.2) is 4.79 Å². The standard InChI is InChI=1S/C33H37NO3/c1-24(2)29-12-8-13-30(22-29)27-18-15-26(16-19-27)23-34(33(36)28-10-5-4-6-11-28)31-14-7-9-25(21-31)17-20-32(35)37-3/h7-9,12-22,24,28H,4-6,10-11,23H2,1-3H3/b20-17+. The molecule has 0 unspecified atom stereocenters. The first-order valence-corrected chi connectivity index (χ1v) is 13.3. The molecule has 4 nitrogen and oxygen atoms in total. The topological polar surface area (TPSA) is 46.6 Å². The fraction of sp³-hybridized carbons (Fsp3) is 0.333. The van der Waals surface area contributed by atoms with E-state index in [4.69, 9.17) is 4.74 Å². The molecule has 37 heavy (non-hydrogen) atoms. The Labute approximate surface area is 221 Å². The van der Waals surface area contributed by atoms with Crippen molar-refractivity contribution in [3.63, 3.8) is 0 Å². The van der Waals surface area contributed by atoms with Crippen LogP contribution < -0.4 is 4.90 Å². The molecule has 0 aromatic heterocycles. The first kappa shape index (κ1) is 26.4. The van der Waals surface area contributed by atoms with Crippen molar-refractivity contribution in [1.29, 1.82) is 0 Å². The monoisotopic (exact) mass is 495 g/mol. The van der Waals surface area contributed by atoms with Crippen molar-refractivity contribution in [3.05, 3.63) is 95.6 Å². The Kier molecular flexibility index (Phi) is 8.95. The Morgan fingerprint density at radius 3 is 2.35 bits per heavy atom. The Bertz CT molecular complexity index is 1240. The van der Waals surface area contributed by atoms with Crippen molar-refractivity contribution in [1.82, 2.24) is 0 Å². The lowest BCUT2D eigenvalue weighted by Gasteiger charge is -2.30. The van der Waals surface area contributed by atoms with Gasteiger partial charge in [0.1, 0.15) is 0 Å². The van der Waals surface area contributed by atoms with Gasteiger partial charge in [0.05, 0.1) is 13.7 Å². The molecule has 1 fully saturated rings. The summed E-state index contributed by atoms with van der Waals surface area (Å²) < 4.78 is 4.72. The van der Waals surface area contributed by atoms with Gasteiger partial charge in [0, 0.05) is 17.7 Å². The van der Waals surface area contributed by atoms with Crippen molar-refractivity contribution >= 4 is 23.6 Å². The van der Waals surface area contributed by atoms with Crippen LogP contribution in [0.4, 0.5) is 5.69 Å². The highest BCUT2D eigenvalue weighted by molar-refractivity contribution is 5.95. The molecule has 0 radical (unpaired) electrons. The van der Waals surface area contributed by atoms with Gasteiger partial charge in [-0.3, -0.25) is 4.79 Å². The maximum Gasteiger partial charge on any atom is 0.330 e. The molecular formula is C33H37NO3. The molecular weight excluding hydrogens is 458 g/mol.